The van der Waals surface area contributed by atoms with Gasteiger partial charge in [0.15, 0.2) is 0 Å². The summed E-state index contributed by atoms with van der Waals surface area (Å²) in [6, 6.07) is 0. The van der Waals surface area contributed by atoms with Crippen LogP contribution in [0.25, 0.3) is 10.4 Å². The zero-order valence-electron chi connectivity index (χ0n) is 14.3. The van der Waals surface area contributed by atoms with E-state index in [1.54, 1.807) is 0 Å². The molecule has 0 N–H and O–H groups in total. The van der Waals surface area contributed by atoms with Crippen LogP contribution in [0.4, 0.5) is 0 Å². The van der Waals surface area contributed by atoms with Crippen LogP contribution in [0.15, 0.2) is 5.11 Å². The summed E-state index contributed by atoms with van der Waals surface area (Å²) in [5, 5.41) is 3.62. The summed E-state index contributed by atoms with van der Waals surface area (Å²) >= 11 is 0. The minimum absolute atomic E-state index is 0.131. The van der Waals surface area contributed by atoms with E-state index in [4.69, 9.17) is 5.53 Å². The van der Waals surface area contributed by atoms with E-state index in [0.717, 1.165) is 44.9 Å². The topological polar surface area (TPSA) is 82.9 Å². The fraction of sp³-hybridized carbons (Fsp3) is 0.889. The Morgan fingerprint density at radius 2 is 1.87 bits per heavy atom. The summed E-state index contributed by atoms with van der Waals surface area (Å²) in [5.41, 5.74) is 8.00. The third kappa shape index (κ3) is 2.50. The van der Waals surface area contributed by atoms with Crippen LogP contribution >= 0.6 is 0 Å². The maximum atomic E-state index is 12.7. The number of Topliss-reactive ketones (excluding diaryl/α,β-unsaturated/α-hetero) is 2. The summed E-state index contributed by atoms with van der Waals surface area (Å²) in [7, 11) is 0. The van der Waals surface area contributed by atoms with Gasteiger partial charge in [0, 0.05) is 35.1 Å². The molecule has 0 aliphatic heterocycles. The van der Waals surface area contributed by atoms with Crippen LogP contribution in [-0.4, -0.2) is 18.1 Å². The summed E-state index contributed by atoms with van der Waals surface area (Å²) in [6.45, 7) is 4.76. The van der Waals surface area contributed by atoms with Gasteiger partial charge in [-0.25, -0.2) is 0 Å². The first-order chi connectivity index (χ1) is 10.9. The molecule has 5 nitrogen and oxygen atoms in total. The molecule has 0 aromatic carbocycles. The minimum atomic E-state index is -0.291. The molecular formula is C18H27N3O2. The number of hydrogen-bond donors (Lipinski definition) is 0. The number of fused-ring (bicyclic) bond motifs is 3. The third-order valence-electron chi connectivity index (χ3n) is 7.32. The highest BCUT2D eigenvalue weighted by Crippen LogP contribution is 2.61. The van der Waals surface area contributed by atoms with Crippen molar-refractivity contribution < 1.29 is 9.59 Å². The lowest BCUT2D eigenvalue weighted by molar-refractivity contribution is -0.147. The minimum Gasteiger partial charge on any atom is -0.299 e. The number of carbonyl (C=O) groups excluding carboxylic acids is 2. The Hall–Kier alpha value is -1.35. The van der Waals surface area contributed by atoms with E-state index in [1.165, 1.54) is 0 Å². The lowest BCUT2D eigenvalue weighted by Gasteiger charge is -2.54. The molecule has 3 fully saturated rings. The highest BCUT2D eigenvalue weighted by atomic mass is 16.1. The maximum absolute atomic E-state index is 12.7. The van der Waals surface area contributed by atoms with Crippen LogP contribution in [0, 0.1) is 28.6 Å². The van der Waals surface area contributed by atoms with Crippen molar-refractivity contribution in [1.29, 1.82) is 0 Å². The summed E-state index contributed by atoms with van der Waals surface area (Å²) in [6.07, 6.45) is 6.87. The van der Waals surface area contributed by atoms with Gasteiger partial charge in [-0.1, -0.05) is 19.0 Å². The monoisotopic (exact) mass is 317 g/mol. The molecule has 0 aromatic rings. The van der Waals surface area contributed by atoms with E-state index in [9.17, 15) is 9.59 Å². The average molecular weight is 317 g/mol. The molecular weight excluding hydrogens is 290 g/mol. The van der Waals surface area contributed by atoms with Crippen LogP contribution in [0.1, 0.15) is 65.2 Å². The lowest BCUT2D eigenvalue weighted by atomic mass is 9.49. The smallest absolute Gasteiger partial charge is 0.139 e. The maximum Gasteiger partial charge on any atom is 0.139 e. The Labute approximate surface area is 137 Å². The highest BCUT2D eigenvalue weighted by molar-refractivity contribution is 5.88. The predicted octanol–water partition coefficient (Wildman–Crippen LogP) is 4.46. The summed E-state index contributed by atoms with van der Waals surface area (Å²) in [4.78, 5) is 27.9. The molecule has 0 saturated heterocycles. The first-order valence-corrected chi connectivity index (χ1v) is 9.01. The van der Waals surface area contributed by atoms with Crippen molar-refractivity contribution in [3.8, 4) is 0 Å². The molecule has 5 atom stereocenters. The fourth-order valence-corrected chi connectivity index (χ4v) is 5.93. The molecule has 3 rings (SSSR count). The van der Waals surface area contributed by atoms with Crippen molar-refractivity contribution in [2.24, 2.45) is 33.7 Å². The van der Waals surface area contributed by atoms with Gasteiger partial charge in [-0.3, -0.25) is 9.59 Å². The zero-order chi connectivity index (χ0) is 16.7. The van der Waals surface area contributed by atoms with Crippen molar-refractivity contribution in [3.63, 3.8) is 0 Å². The standard InChI is InChI=1S/C18H27N3O2/c1-17(9-3-11-20-21-19)14-8-10-18(2)13(5-7-16(18)23)12(14)4-6-15(17)22/h12-14H,3-11H2,1-2H3/t12-,13?,14?,17+,18-/m0/s1. The second kappa shape index (κ2) is 5.94. The Morgan fingerprint density at radius 3 is 2.61 bits per heavy atom. The van der Waals surface area contributed by atoms with E-state index in [-0.39, 0.29) is 10.8 Å². The van der Waals surface area contributed by atoms with E-state index in [0.29, 0.717) is 42.3 Å². The first-order valence-electron chi connectivity index (χ1n) is 9.01. The quantitative estimate of drug-likeness (QED) is 0.332. The number of hydrogen-bond acceptors (Lipinski definition) is 3. The van der Waals surface area contributed by atoms with Gasteiger partial charge in [0.2, 0.25) is 0 Å². The van der Waals surface area contributed by atoms with Gasteiger partial charge in [0.05, 0.1) is 0 Å². The molecule has 3 saturated carbocycles. The van der Waals surface area contributed by atoms with E-state index in [1.807, 2.05) is 0 Å². The number of carbonyl (C=O) groups is 2. The van der Waals surface area contributed by atoms with Gasteiger partial charge in [-0.2, -0.15) is 0 Å². The molecule has 0 heterocycles. The molecule has 5 heteroatoms. The molecule has 3 aliphatic carbocycles. The third-order valence-corrected chi connectivity index (χ3v) is 7.32. The first kappa shape index (κ1) is 16.5. The van der Waals surface area contributed by atoms with Crippen molar-refractivity contribution in [2.75, 3.05) is 6.54 Å². The van der Waals surface area contributed by atoms with Crippen molar-refractivity contribution >= 4 is 11.6 Å². The highest BCUT2D eigenvalue weighted by Gasteiger charge is 2.59. The van der Waals surface area contributed by atoms with Crippen LogP contribution in [0.5, 0.6) is 0 Å². The van der Waals surface area contributed by atoms with Gasteiger partial charge >= 0.3 is 0 Å². The second-order valence-electron chi connectivity index (χ2n) is 8.23. The molecule has 0 aromatic heterocycles. The van der Waals surface area contributed by atoms with Gasteiger partial charge in [-0.15, -0.1) is 0 Å². The zero-order valence-corrected chi connectivity index (χ0v) is 14.3. The normalized spacial score (nSPS) is 42.8. The second-order valence-corrected chi connectivity index (χ2v) is 8.23. The Bertz CT molecular complexity index is 569. The van der Waals surface area contributed by atoms with E-state index >= 15 is 0 Å². The lowest BCUT2D eigenvalue weighted by Crippen LogP contribution is -2.52. The van der Waals surface area contributed by atoms with Crippen LogP contribution < -0.4 is 0 Å². The van der Waals surface area contributed by atoms with E-state index in [2.05, 4.69) is 23.9 Å². The number of azide groups is 1. The number of ketones is 2. The van der Waals surface area contributed by atoms with Crippen LogP contribution in [0.3, 0.4) is 0 Å². The van der Waals surface area contributed by atoms with Crippen LogP contribution in [-0.2, 0) is 9.59 Å². The molecule has 23 heavy (non-hydrogen) atoms. The SMILES string of the molecule is C[C@]1(CCCN=[N+]=[N-])C(=O)CC[C@@H]2C1CC[C@]1(C)C(=O)CCC21. The molecule has 3 aliphatic rings. The molecule has 126 valence electrons. The Kier molecular flexibility index (Phi) is 4.26. The molecule has 0 amide bonds. The van der Waals surface area contributed by atoms with Crippen molar-refractivity contribution in [3.05, 3.63) is 10.4 Å². The summed E-state index contributed by atoms with van der Waals surface area (Å²) in [5.74, 6) is 2.22. The Morgan fingerprint density at radius 1 is 1.13 bits per heavy atom. The predicted molar refractivity (Wildman–Crippen MR) is 87.6 cm³/mol. The van der Waals surface area contributed by atoms with Crippen molar-refractivity contribution in [1.82, 2.24) is 0 Å². The van der Waals surface area contributed by atoms with Gasteiger partial charge in [-0.05, 0) is 61.8 Å². The molecule has 0 radical (unpaired) electrons. The largest absolute Gasteiger partial charge is 0.299 e. The fourth-order valence-electron chi connectivity index (χ4n) is 5.93. The van der Waals surface area contributed by atoms with Gasteiger partial charge < -0.3 is 0 Å². The average Bonchev–Trinajstić information content (AvgIpc) is 2.83. The van der Waals surface area contributed by atoms with Crippen LogP contribution in [0.2, 0.25) is 0 Å². The van der Waals surface area contributed by atoms with E-state index < -0.39 is 0 Å². The molecule has 0 bridgehead atoms. The Balaban J connectivity index is 1.81. The number of rotatable bonds is 4. The number of nitrogens with zero attached hydrogens (tertiary/aromatic N) is 3. The summed E-state index contributed by atoms with van der Waals surface area (Å²) < 4.78 is 0. The molecule has 2 unspecified atom stereocenters. The van der Waals surface area contributed by atoms with Gasteiger partial charge in [0.25, 0.3) is 0 Å². The van der Waals surface area contributed by atoms with Gasteiger partial charge in [0.1, 0.15) is 11.6 Å². The molecule has 0 spiro atoms. The van der Waals surface area contributed by atoms with Crippen molar-refractivity contribution in [2.45, 2.75) is 65.2 Å².